The molecular formula is C15H13F4NO3S. The Morgan fingerprint density at radius 2 is 1.67 bits per heavy atom. The molecular weight excluding hydrogens is 350 g/mol. The fraction of sp³-hybridized carbons (Fsp3) is 0.267. The van der Waals surface area contributed by atoms with Crippen LogP contribution in [0.15, 0.2) is 52.3 Å². The summed E-state index contributed by atoms with van der Waals surface area (Å²) in [4.78, 5) is 11.6. The van der Waals surface area contributed by atoms with Gasteiger partial charge in [0, 0.05) is 12.7 Å². The predicted molar refractivity (Wildman–Crippen MR) is 78.8 cm³/mol. The fourth-order valence-electron chi connectivity index (χ4n) is 2.11. The Bertz CT molecular complexity index is 871. The molecule has 9 heteroatoms. The summed E-state index contributed by atoms with van der Waals surface area (Å²) in [6.07, 6.45) is -3.65. The van der Waals surface area contributed by atoms with Gasteiger partial charge >= 0.3 is 6.18 Å². The number of alkyl halides is 3. The lowest BCUT2D eigenvalue weighted by Gasteiger charge is -2.10. The molecule has 2 aromatic rings. The fourth-order valence-corrected chi connectivity index (χ4v) is 3.41. The highest BCUT2D eigenvalue weighted by molar-refractivity contribution is 7.91. The number of nitrogens with zero attached hydrogens (tertiary/aromatic N) is 1. The van der Waals surface area contributed by atoms with Crippen molar-refractivity contribution >= 4 is 9.84 Å². The Hall–Kier alpha value is -2.16. The minimum Gasteiger partial charge on any atom is -0.315 e. The molecule has 0 aliphatic carbocycles. The van der Waals surface area contributed by atoms with E-state index in [4.69, 9.17) is 0 Å². The molecule has 0 bridgehead atoms. The van der Waals surface area contributed by atoms with Gasteiger partial charge in [0.25, 0.3) is 5.56 Å². The summed E-state index contributed by atoms with van der Waals surface area (Å²) in [5.41, 5.74) is -2.52. The number of hydrogen-bond acceptors (Lipinski definition) is 3. The molecule has 0 aliphatic rings. The molecule has 0 N–H and O–H groups in total. The smallest absolute Gasteiger partial charge is 0.315 e. The highest BCUT2D eigenvalue weighted by Crippen LogP contribution is 2.26. The van der Waals surface area contributed by atoms with E-state index >= 15 is 0 Å². The lowest BCUT2D eigenvalue weighted by atomic mass is 10.2. The lowest BCUT2D eigenvalue weighted by Crippen LogP contribution is -2.28. The van der Waals surface area contributed by atoms with Gasteiger partial charge in [0.05, 0.1) is 10.6 Å². The zero-order valence-corrected chi connectivity index (χ0v) is 13.1. The van der Waals surface area contributed by atoms with Gasteiger partial charge in [-0.2, -0.15) is 13.2 Å². The molecule has 0 aliphatic heterocycles. The summed E-state index contributed by atoms with van der Waals surface area (Å²) < 4.78 is 75.7. The molecule has 1 aromatic carbocycles. The molecule has 0 unspecified atom stereocenters. The van der Waals surface area contributed by atoms with E-state index in [9.17, 15) is 30.8 Å². The van der Waals surface area contributed by atoms with Gasteiger partial charge in [-0.15, -0.1) is 0 Å². The highest BCUT2D eigenvalue weighted by Gasteiger charge is 2.34. The zero-order chi connectivity index (χ0) is 18.0. The third-order valence-electron chi connectivity index (χ3n) is 3.31. The molecule has 0 atom stereocenters. The number of aryl methyl sites for hydroxylation is 1. The molecule has 4 nitrogen and oxygen atoms in total. The van der Waals surface area contributed by atoms with Crippen LogP contribution in [0.3, 0.4) is 0 Å². The van der Waals surface area contributed by atoms with Crippen molar-refractivity contribution in [2.24, 2.45) is 0 Å². The zero-order valence-electron chi connectivity index (χ0n) is 12.3. The van der Waals surface area contributed by atoms with Gasteiger partial charge in [-0.25, -0.2) is 12.8 Å². The first-order valence-electron chi connectivity index (χ1n) is 6.86. The second-order valence-electron chi connectivity index (χ2n) is 5.04. The first-order chi connectivity index (χ1) is 11.1. The highest BCUT2D eigenvalue weighted by atomic mass is 32.2. The van der Waals surface area contributed by atoms with Crippen LogP contribution in [0, 0.1) is 5.82 Å². The van der Waals surface area contributed by atoms with E-state index in [0.29, 0.717) is 6.07 Å². The molecule has 0 amide bonds. The van der Waals surface area contributed by atoms with Gasteiger partial charge < -0.3 is 4.57 Å². The Morgan fingerprint density at radius 1 is 1.04 bits per heavy atom. The SMILES string of the molecule is O=c1c(C(F)(F)F)cccn1CCCS(=O)(=O)c1ccc(F)cc1. The summed E-state index contributed by atoms with van der Waals surface area (Å²) in [6.45, 7) is -0.177. The van der Waals surface area contributed by atoms with Crippen LogP contribution in [0.4, 0.5) is 17.6 Å². The Morgan fingerprint density at radius 3 is 2.25 bits per heavy atom. The van der Waals surface area contributed by atoms with Crippen molar-refractivity contribution in [2.45, 2.75) is 24.0 Å². The van der Waals surface area contributed by atoms with Crippen LogP contribution in [0.5, 0.6) is 0 Å². The maximum Gasteiger partial charge on any atom is 0.421 e. The van der Waals surface area contributed by atoms with Crippen LogP contribution in [0.2, 0.25) is 0 Å². The molecule has 1 aromatic heterocycles. The lowest BCUT2D eigenvalue weighted by molar-refractivity contribution is -0.139. The first kappa shape index (κ1) is 18.2. The molecule has 2 rings (SSSR count). The standard InChI is InChI=1S/C15H13F4NO3S/c16-11-4-6-12(7-5-11)24(22,23)10-2-9-20-8-1-3-13(14(20)21)15(17,18)19/h1,3-8H,2,9-10H2. The van der Waals surface area contributed by atoms with Gasteiger partial charge in [0.1, 0.15) is 11.4 Å². The van der Waals surface area contributed by atoms with Gasteiger partial charge in [-0.1, -0.05) is 0 Å². The summed E-state index contributed by atoms with van der Waals surface area (Å²) in [5, 5.41) is 0. The number of aromatic nitrogens is 1. The van der Waals surface area contributed by atoms with Crippen LogP contribution in [0.1, 0.15) is 12.0 Å². The molecule has 0 fully saturated rings. The molecule has 0 spiro atoms. The van der Waals surface area contributed by atoms with Crippen LogP contribution >= 0.6 is 0 Å². The summed E-state index contributed by atoms with van der Waals surface area (Å²) in [7, 11) is -3.70. The van der Waals surface area contributed by atoms with E-state index in [2.05, 4.69) is 0 Å². The molecule has 0 saturated carbocycles. The third kappa shape index (κ3) is 4.22. The summed E-state index contributed by atoms with van der Waals surface area (Å²) in [6, 6.07) is 5.99. The predicted octanol–water partition coefficient (Wildman–Crippen LogP) is 2.87. The van der Waals surface area contributed by atoms with Crippen LogP contribution in [-0.2, 0) is 22.6 Å². The average molecular weight is 363 g/mol. The Kier molecular flexibility index (Phi) is 5.12. The van der Waals surface area contributed by atoms with E-state index in [1.807, 2.05) is 0 Å². The van der Waals surface area contributed by atoms with Crippen LogP contribution in [-0.4, -0.2) is 18.7 Å². The third-order valence-corrected chi connectivity index (χ3v) is 5.13. The topological polar surface area (TPSA) is 56.1 Å². The number of halogens is 4. The van der Waals surface area contributed by atoms with Crippen molar-refractivity contribution in [3.63, 3.8) is 0 Å². The van der Waals surface area contributed by atoms with Crippen LogP contribution in [0.25, 0.3) is 0 Å². The van der Waals surface area contributed by atoms with Gasteiger partial charge in [-0.05, 0) is 42.8 Å². The molecule has 1 heterocycles. The number of pyridine rings is 1. The second kappa shape index (κ2) is 6.76. The van der Waals surface area contributed by atoms with E-state index in [0.717, 1.165) is 34.9 Å². The maximum absolute atomic E-state index is 12.8. The van der Waals surface area contributed by atoms with E-state index in [-0.39, 0.29) is 23.6 Å². The number of hydrogen-bond donors (Lipinski definition) is 0. The summed E-state index contributed by atoms with van der Waals surface area (Å²) in [5.74, 6) is -0.953. The van der Waals surface area contributed by atoms with Crippen molar-refractivity contribution < 1.29 is 26.0 Å². The Labute approximate surface area is 135 Å². The minimum atomic E-state index is -4.76. The quantitative estimate of drug-likeness (QED) is 0.606. The maximum atomic E-state index is 12.8. The van der Waals surface area contributed by atoms with E-state index in [1.165, 1.54) is 6.20 Å². The number of sulfone groups is 1. The number of rotatable bonds is 5. The van der Waals surface area contributed by atoms with E-state index < -0.39 is 33.0 Å². The van der Waals surface area contributed by atoms with E-state index in [1.54, 1.807) is 0 Å². The van der Waals surface area contributed by atoms with Crippen molar-refractivity contribution in [1.29, 1.82) is 0 Å². The minimum absolute atomic E-state index is 0.0546. The van der Waals surface area contributed by atoms with Crippen LogP contribution < -0.4 is 5.56 Å². The number of benzene rings is 1. The Balaban J connectivity index is 2.10. The largest absolute Gasteiger partial charge is 0.421 e. The monoisotopic (exact) mass is 363 g/mol. The summed E-state index contributed by atoms with van der Waals surface area (Å²) >= 11 is 0. The average Bonchev–Trinajstić information content (AvgIpc) is 2.48. The molecule has 0 saturated heterocycles. The second-order valence-corrected chi connectivity index (χ2v) is 7.15. The van der Waals surface area contributed by atoms with Gasteiger partial charge in [0.15, 0.2) is 9.84 Å². The van der Waals surface area contributed by atoms with Crippen molar-refractivity contribution in [3.05, 3.63) is 64.3 Å². The first-order valence-corrected chi connectivity index (χ1v) is 8.51. The van der Waals surface area contributed by atoms with Crippen molar-refractivity contribution in [1.82, 2.24) is 4.57 Å². The van der Waals surface area contributed by atoms with Crippen molar-refractivity contribution in [3.8, 4) is 0 Å². The van der Waals surface area contributed by atoms with Gasteiger partial charge in [-0.3, -0.25) is 4.79 Å². The van der Waals surface area contributed by atoms with Gasteiger partial charge in [0.2, 0.25) is 0 Å². The molecule has 0 radical (unpaired) electrons. The molecule has 130 valence electrons. The van der Waals surface area contributed by atoms with Crippen molar-refractivity contribution in [2.75, 3.05) is 5.75 Å². The normalized spacial score (nSPS) is 12.3. The molecule has 24 heavy (non-hydrogen) atoms.